The van der Waals surface area contributed by atoms with E-state index in [1.54, 1.807) is 6.26 Å². The van der Waals surface area contributed by atoms with Gasteiger partial charge < -0.3 is 15.1 Å². The summed E-state index contributed by atoms with van der Waals surface area (Å²) < 4.78 is 5.72. The molecule has 24 heavy (non-hydrogen) atoms. The molecular formula is C19H32N4O. The largest absolute Gasteiger partial charge is 0.468 e. The van der Waals surface area contributed by atoms with Gasteiger partial charge in [0.2, 0.25) is 0 Å². The highest BCUT2D eigenvalue weighted by atomic mass is 16.3. The molecule has 0 aromatic carbocycles. The molecule has 1 aliphatic carbocycles. The van der Waals surface area contributed by atoms with Crippen molar-refractivity contribution in [3.63, 3.8) is 0 Å². The quantitative estimate of drug-likeness (QED) is 0.620. The van der Waals surface area contributed by atoms with Crippen LogP contribution in [0.1, 0.15) is 63.7 Å². The van der Waals surface area contributed by atoms with Crippen molar-refractivity contribution in [1.29, 1.82) is 0 Å². The molecule has 5 heteroatoms. The smallest absolute Gasteiger partial charge is 0.191 e. The summed E-state index contributed by atoms with van der Waals surface area (Å²) in [5, 5.41) is 7.01. The molecule has 0 radical (unpaired) electrons. The molecule has 2 N–H and O–H groups in total. The highest BCUT2D eigenvalue weighted by molar-refractivity contribution is 5.80. The van der Waals surface area contributed by atoms with Gasteiger partial charge in [-0.25, -0.2) is 0 Å². The first-order chi connectivity index (χ1) is 11.9. The number of likely N-dealkylation sites (tertiary alicyclic amines) is 1. The Bertz CT molecular complexity index is 487. The third-order valence-corrected chi connectivity index (χ3v) is 5.17. The average Bonchev–Trinajstić information content (AvgIpc) is 3.30. The zero-order chi connectivity index (χ0) is 16.6. The second-order valence-corrected chi connectivity index (χ2v) is 6.97. The van der Waals surface area contributed by atoms with Crippen LogP contribution in [-0.2, 0) is 0 Å². The molecule has 1 saturated carbocycles. The zero-order valence-electron chi connectivity index (χ0n) is 15.0. The number of nitrogens with one attached hydrogen (secondary N) is 2. The van der Waals surface area contributed by atoms with E-state index in [2.05, 4.69) is 28.5 Å². The molecule has 5 nitrogen and oxygen atoms in total. The molecule has 0 spiro atoms. The molecular weight excluding hydrogens is 300 g/mol. The van der Waals surface area contributed by atoms with Crippen molar-refractivity contribution in [3.05, 3.63) is 24.2 Å². The van der Waals surface area contributed by atoms with Crippen LogP contribution in [0.4, 0.5) is 0 Å². The summed E-state index contributed by atoms with van der Waals surface area (Å²) >= 11 is 0. The van der Waals surface area contributed by atoms with Crippen LogP contribution in [0.3, 0.4) is 0 Å². The van der Waals surface area contributed by atoms with E-state index >= 15 is 0 Å². The van der Waals surface area contributed by atoms with E-state index in [0.29, 0.717) is 6.04 Å². The van der Waals surface area contributed by atoms with Crippen LogP contribution in [0.15, 0.2) is 27.8 Å². The lowest BCUT2D eigenvalue weighted by Crippen LogP contribution is -2.43. The molecule has 1 atom stereocenters. The van der Waals surface area contributed by atoms with Crippen LogP contribution in [-0.4, -0.2) is 43.1 Å². The number of aliphatic imine (C=N–C) groups is 1. The molecule has 1 saturated heterocycles. The van der Waals surface area contributed by atoms with Crippen LogP contribution in [0, 0.1) is 0 Å². The number of nitrogens with zero attached hydrogens (tertiary/aromatic N) is 2. The van der Waals surface area contributed by atoms with Crippen LogP contribution in [0.25, 0.3) is 0 Å². The third kappa shape index (κ3) is 4.76. The second kappa shape index (κ2) is 9.11. The van der Waals surface area contributed by atoms with E-state index in [1.165, 1.54) is 44.9 Å². The Hall–Kier alpha value is -1.49. The predicted octanol–water partition coefficient (Wildman–Crippen LogP) is 3.30. The predicted molar refractivity (Wildman–Crippen MR) is 98.2 cm³/mol. The Kier molecular flexibility index (Phi) is 6.58. The molecule has 3 rings (SSSR count). The van der Waals surface area contributed by atoms with Crippen LogP contribution in [0.5, 0.6) is 0 Å². The topological polar surface area (TPSA) is 52.8 Å². The summed E-state index contributed by atoms with van der Waals surface area (Å²) in [6.07, 6.45) is 10.9. The maximum absolute atomic E-state index is 5.72. The monoisotopic (exact) mass is 332 g/mol. The van der Waals surface area contributed by atoms with Gasteiger partial charge in [-0.3, -0.25) is 9.89 Å². The molecule has 1 aromatic rings. The Morgan fingerprint density at radius 3 is 2.71 bits per heavy atom. The van der Waals surface area contributed by atoms with E-state index in [4.69, 9.17) is 9.41 Å². The number of hydrogen-bond acceptors (Lipinski definition) is 3. The first-order valence-corrected chi connectivity index (χ1v) is 9.69. The fraction of sp³-hybridized carbons (Fsp3) is 0.737. The zero-order valence-corrected chi connectivity index (χ0v) is 15.0. The van der Waals surface area contributed by atoms with Gasteiger partial charge in [-0.05, 0) is 57.8 Å². The van der Waals surface area contributed by atoms with Crippen molar-refractivity contribution in [2.45, 2.75) is 64.0 Å². The standard InChI is InChI=1S/C19H32N4O/c1-2-20-19(22-16-9-4-5-10-16)21-15-17(18-11-8-14-24-18)23-12-6-3-7-13-23/h8,11,14,16-17H,2-7,9-10,12-13,15H2,1H3,(H2,20,21,22). The highest BCUT2D eigenvalue weighted by Crippen LogP contribution is 2.25. The van der Waals surface area contributed by atoms with Gasteiger partial charge in [0.25, 0.3) is 0 Å². The van der Waals surface area contributed by atoms with Gasteiger partial charge in [0.05, 0.1) is 18.8 Å². The van der Waals surface area contributed by atoms with Crippen LogP contribution < -0.4 is 10.6 Å². The van der Waals surface area contributed by atoms with Crippen molar-refractivity contribution in [3.8, 4) is 0 Å². The van der Waals surface area contributed by atoms with E-state index in [-0.39, 0.29) is 6.04 Å². The summed E-state index contributed by atoms with van der Waals surface area (Å²) in [4.78, 5) is 7.43. The highest BCUT2D eigenvalue weighted by Gasteiger charge is 2.24. The Labute approximate surface area is 145 Å². The van der Waals surface area contributed by atoms with Gasteiger partial charge in [0, 0.05) is 12.6 Å². The SMILES string of the molecule is CCNC(=NCC(c1ccco1)N1CCCCC1)NC1CCCC1. The normalized spacial score (nSPS) is 21.8. The molecule has 1 aromatic heterocycles. The second-order valence-electron chi connectivity index (χ2n) is 6.97. The van der Waals surface area contributed by atoms with Crippen molar-refractivity contribution in [1.82, 2.24) is 15.5 Å². The summed E-state index contributed by atoms with van der Waals surface area (Å²) in [6, 6.07) is 4.91. The van der Waals surface area contributed by atoms with Gasteiger partial charge in [-0.1, -0.05) is 19.3 Å². The minimum Gasteiger partial charge on any atom is -0.468 e. The van der Waals surface area contributed by atoms with Gasteiger partial charge >= 0.3 is 0 Å². The maximum Gasteiger partial charge on any atom is 0.191 e. The lowest BCUT2D eigenvalue weighted by atomic mass is 10.1. The van der Waals surface area contributed by atoms with Crippen molar-refractivity contribution >= 4 is 5.96 Å². The molecule has 2 heterocycles. The minimum atomic E-state index is 0.249. The van der Waals surface area contributed by atoms with Crippen LogP contribution in [0.2, 0.25) is 0 Å². The van der Waals surface area contributed by atoms with Gasteiger partial charge in [-0.15, -0.1) is 0 Å². The lowest BCUT2D eigenvalue weighted by molar-refractivity contribution is 0.150. The number of guanidine groups is 1. The number of piperidine rings is 1. The van der Waals surface area contributed by atoms with Crippen molar-refractivity contribution in [2.75, 3.05) is 26.2 Å². The fourth-order valence-electron chi connectivity index (χ4n) is 3.86. The first-order valence-electron chi connectivity index (χ1n) is 9.69. The van der Waals surface area contributed by atoms with Gasteiger partial charge in [-0.2, -0.15) is 0 Å². The van der Waals surface area contributed by atoms with E-state index in [9.17, 15) is 0 Å². The molecule has 1 aliphatic heterocycles. The van der Waals surface area contributed by atoms with Crippen molar-refractivity contribution in [2.24, 2.45) is 4.99 Å². The Morgan fingerprint density at radius 1 is 1.25 bits per heavy atom. The van der Waals surface area contributed by atoms with E-state index in [1.807, 2.05) is 6.07 Å². The Morgan fingerprint density at radius 2 is 2.04 bits per heavy atom. The summed E-state index contributed by atoms with van der Waals surface area (Å²) in [6.45, 7) is 6.06. The summed E-state index contributed by atoms with van der Waals surface area (Å²) in [7, 11) is 0. The fourth-order valence-corrected chi connectivity index (χ4v) is 3.86. The molecule has 0 bridgehead atoms. The molecule has 134 valence electrons. The average molecular weight is 332 g/mol. The molecule has 2 fully saturated rings. The first kappa shape index (κ1) is 17.3. The third-order valence-electron chi connectivity index (χ3n) is 5.17. The van der Waals surface area contributed by atoms with E-state index in [0.717, 1.165) is 37.9 Å². The van der Waals surface area contributed by atoms with Gasteiger partial charge in [0.15, 0.2) is 5.96 Å². The maximum atomic E-state index is 5.72. The Balaban J connectivity index is 1.67. The van der Waals surface area contributed by atoms with Crippen LogP contribution >= 0.6 is 0 Å². The molecule has 0 amide bonds. The number of rotatable bonds is 6. The number of furan rings is 1. The summed E-state index contributed by atoms with van der Waals surface area (Å²) in [5.74, 6) is 2.00. The van der Waals surface area contributed by atoms with Crippen molar-refractivity contribution < 1.29 is 4.42 Å². The summed E-state index contributed by atoms with van der Waals surface area (Å²) in [5.41, 5.74) is 0. The minimum absolute atomic E-state index is 0.249. The molecule has 1 unspecified atom stereocenters. The molecule has 2 aliphatic rings. The van der Waals surface area contributed by atoms with E-state index < -0.39 is 0 Å². The lowest BCUT2D eigenvalue weighted by Gasteiger charge is -2.32. The van der Waals surface area contributed by atoms with Gasteiger partial charge in [0.1, 0.15) is 5.76 Å². The number of hydrogen-bond donors (Lipinski definition) is 2.